The highest BCUT2D eigenvalue weighted by Gasteiger charge is 2.69. The number of alkyl carbamates (subject to hydrolysis) is 1. The first-order valence-electron chi connectivity index (χ1n) is 13.8. The van der Waals surface area contributed by atoms with Crippen molar-refractivity contribution in [2.75, 3.05) is 13.2 Å². The SMILES string of the molecule is CC1(C)OC[C@H]([C@H]2OC3OC(C)(C)O[C@@H]3[C@@]2(O)OC(=O)[C@H](COCc2ccccc2)NC(=O)OCc2ccccc2)O1. The summed E-state index contributed by atoms with van der Waals surface area (Å²) in [4.78, 5) is 26.4. The van der Waals surface area contributed by atoms with Crippen LogP contribution >= 0.6 is 0 Å². The molecule has 6 atom stereocenters. The molecule has 1 amide bonds. The van der Waals surface area contributed by atoms with Crippen molar-refractivity contribution in [1.82, 2.24) is 5.32 Å². The van der Waals surface area contributed by atoms with Gasteiger partial charge in [0.1, 0.15) is 12.7 Å². The molecule has 3 aliphatic heterocycles. The summed E-state index contributed by atoms with van der Waals surface area (Å²) < 4.78 is 46.0. The zero-order valence-corrected chi connectivity index (χ0v) is 24.0. The number of esters is 1. The van der Waals surface area contributed by atoms with E-state index in [1.165, 1.54) is 0 Å². The number of carbonyl (C=O) groups excluding carboxylic acids is 2. The number of aliphatic hydroxyl groups is 1. The average Bonchev–Trinajstić information content (AvgIpc) is 3.55. The molecule has 3 heterocycles. The van der Waals surface area contributed by atoms with E-state index in [9.17, 15) is 14.7 Å². The van der Waals surface area contributed by atoms with E-state index in [1.54, 1.807) is 39.8 Å². The van der Waals surface area contributed by atoms with Gasteiger partial charge in [-0.25, -0.2) is 9.59 Å². The lowest BCUT2D eigenvalue weighted by Crippen LogP contribution is -2.59. The quantitative estimate of drug-likeness (QED) is 0.313. The highest BCUT2D eigenvalue weighted by Crippen LogP contribution is 2.46. The Morgan fingerprint density at radius 3 is 2.17 bits per heavy atom. The van der Waals surface area contributed by atoms with E-state index in [-0.39, 0.29) is 26.4 Å². The van der Waals surface area contributed by atoms with E-state index >= 15 is 0 Å². The Hall–Kier alpha value is -3.10. The molecule has 2 N–H and O–H groups in total. The largest absolute Gasteiger partial charge is 0.445 e. The summed E-state index contributed by atoms with van der Waals surface area (Å²) in [5, 5.41) is 14.4. The first-order chi connectivity index (χ1) is 19.9. The van der Waals surface area contributed by atoms with Gasteiger partial charge in [-0.3, -0.25) is 0 Å². The van der Waals surface area contributed by atoms with Crippen molar-refractivity contribution in [2.24, 2.45) is 0 Å². The maximum Gasteiger partial charge on any atom is 0.408 e. The number of fused-ring (bicyclic) bond motifs is 1. The van der Waals surface area contributed by atoms with E-state index in [0.29, 0.717) is 0 Å². The Labute approximate surface area is 244 Å². The van der Waals surface area contributed by atoms with Gasteiger partial charge in [0, 0.05) is 0 Å². The van der Waals surface area contributed by atoms with Crippen molar-refractivity contribution in [3.8, 4) is 0 Å². The molecule has 1 unspecified atom stereocenters. The number of benzene rings is 2. The van der Waals surface area contributed by atoms with E-state index in [2.05, 4.69) is 5.32 Å². The second-order valence-corrected chi connectivity index (χ2v) is 11.3. The molecule has 42 heavy (non-hydrogen) atoms. The Balaban J connectivity index is 1.31. The molecule has 0 radical (unpaired) electrons. The molecular weight excluding hydrogens is 550 g/mol. The Bertz CT molecular complexity index is 1220. The van der Waals surface area contributed by atoms with Crippen molar-refractivity contribution in [1.29, 1.82) is 0 Å². The molecule has 12 heteroatoms. The summed E-state index contributed by atoms with van der Waals surface area (Å²) in [6, 6.07) is 17.0. The normalized spacial score (nSPS) is 29.9. The summed E-state index contributed by atoms with van der Waals surface area (Å²) in [7, 11) is 0. The van der Waals surface area contributed by atoms with Gasteiger partial charge in [0.15, 0.2) is 36.1 Å². The molecular formula is C30H37NO11. The summed E-state index contributed by atoms with van der Waals surface area (Å²) in [6.07, 6.45) is -5.15. The number of rotatable bonds is 10. The van der Waals surface area contributed by atoms with Crippen LogP contribution in [0.1, 0.15) is 38.8 Å². The first-order valence-corrected chi connectivity index (χ1v) is 13.8. The highest BCUT2D eigenvalue weighted by atomic mass is 16.9. The molecule has 2 aromatic rings. The van der Waals surface area contributed by atoms with Crippen LogP contribution in [0.2, 0.25) is 0 Å². The molecule has 0 spiro atoms. The number of nitrogens with one attached hydrogen (secondary N) is 1. The number of amides is 1. The van der Waals surface area contributed by atoms with Crippen LogP contribution in [0.5, 0.6) is 0 Å². The predicted molar refractivity (Wildman–Crippen MR) is 144 cm³/mol. The van der Waals surface area contributed by atoms with Crippen LogP contribution in [0.3, 0.4) is 0 Å². The zero-order chi connectivity index (χ0) is 30.0. The van der Waals surface area contributed by atoms with Crippen molar-refractivity contribution in [3.05, 3.63) is 71.8 Å². The summed E-state index contributed by atoms with van der Waals surface area (Å²) in [5.74, 6) is -5.42. The van der Waals surface area contributed by atoms with Gasteiger partial charge in [-0.2, -0.15) is 0 Å². The third-order valence-corrected chi connectivity index (χ3v) is 6.97. The van der Waals surface area contributed by atoms with E-state index in [1.807, 2.05) is 48.5 Å². The van der Waals surface area contributed by atoms with Gasteiger partial charge in [0.25, 0.3) is 5.79 Å². The zero-order valence-electron chi connectivity index (χ0n) is 24.0. The fourth-order valence-electron chi connectivity index (χ4n) is 5.02. The Morgan fingerprint density at radius 1 is 0.905 bits per heavy atom. The first kappa shape index (κ1) is 30.4. The third-order valence-electron chi connectivity index (χ3n) is 6.97. The maximum absolute atomic E-state index is 13.6. The second kappa shape index (κ2) is 12.3. The van der Waals surface area contributed by atoms with Gasteiger partial charge in [-0.15, -0.1) is 0 Å². The molecule has 5 rings (SSSR count). The van der Waals surface area contributed by atoms with Crippen molar-refractivity contribution in [2.45, 2.75) is 88.9 Å². The molecule has 0 aliphatic carbocycles. The minimum Gasteiger partial charge on any atom is -0.445 e. The molecule has 2 aromatic carbocycles. The third kappa shape index (κ3) is 7.09. The summed E-state index contributed by atoms with van der Waals surface area (Å²) in [6.45, 7) is 6.67. The molecule has 12 nitrogen and oxygen atoms in total. The molecule has 0 bridgehead atoms. The minimum atomic E-state index is -2.35. The van der Waals surface area contributed by atoms with Gasteiger partial charge in [-0.1, -0.05) is 60.7 Å². The van der Waals surface area contributed by atoms with Gasteiger partial charge in [0.05, 0.1) is 19.8 Å². The fraction of sp³-hybridized carbons (Fsp3) is 0.533. The lowest BCUT2D eigenvalue weighted by Gasteiger charge is -2.35. The average molecular weight is 588 g/mol. The van der Waals surface area contributed by atoms with E-state index < -0.39 is 60.1 Å². The van der Waals surface area contributed by atoms with Crippen molar-refractivity contribution in [3.63, 3.8) is 0 Å². The van der Waals surface area contributed by atoms with E-state index in [0.717, 1.165) is 11.1 Å². The van der Waals surface area contributed by atoms with Crippen LogP contribution in [-0.4, -0.2) is 78.4 Å². The van der Waals surface area contributed by atoms with Crippen LogP contribution in [-0.2, 0) is 55.9 Å². The number of carbonyl (C=O) groups is 2. The van der Waals surface area contributed by atoms with E-state index in [4.69, 9.17) is 37.9 Å². The molecule has 228 valence electrons. The van der Waals surface area contributed by atoms with Crippen LogP contribution in [0, 0.1) is 0 Å². The van der Waals surface area contributed by atoms with Gasteiger partial charge in [0.2, 0.25) is 0 Å². The standard InChI is InChI=1S/C30H37NO11/c1-28(2)37-18-22(39-28)23-30(34,24-26(38-23)42-29(3,4)40-24)41-25(32)21(17-35-15-19-11-7-5-8-12-19)31-27(33)36-16-20-13-9-6-10-14-20/h5-14,21-24,26,34H,15-18H2,1-4H3,(H,31,33)/t21-,22+,23+,24-,26?,30-/m0/s1. The Kier molecular flexibility index (Phi) is 8.86. The molecule has 0 aromatic heterocycles. The van der Waals surface area contributed by atoms with Gasteiger partial charge in [-0.05, 0) is 38.8 Å². The maximum atomic E-state index is 13.6. The molecule has 3 saturated heterocycles. The predicted octanol–water partition coefficient (Wildman–Crippen LogP) is 2.76. The summed E-state index contributed by atoms with van der Waals surface area (Å²) >= 11 is 0. The monoisotopic (exact) mass is 587 g/mol. The fourth-order valence-corrected chi connectivity index (χ4v) is 5.02. The lowest BCUT2D eigenvalue weighted by molar-refractivity contribution is -0.303. The number of hydrogen-bond acceptors (Lipinski definition) is 11. The molecule has 3 aliphatic rings. The topological polar surface area (TPSA) is 140 Å². The highest BCUT2D eigenvalue weighted by molar-refractivity contribution is 5.81. The number of hydrogen-bond donors (Lipinski definition) is 2. The van der Waals surface area contributed by atoms with Crippen LogP contribution in [0.15, 0.2) is 60.7 Å². The number of ether oxygens (including phenoxy) is 8. The Morgan fingerprint density at radius 2 is 1.55 bits per heavy atom. The van der Waals surface area contributed by atoms with Crippen LogP contribution in [0.25, 0.3) is 0 Å². The lowest BCUT2D eigenvalue weighted by atomic mass is 10.0. The van der Waals surface area contributed by atoms with Crippen LogP contribution in [0.4, 0.5) is 4.79 Å². The van der Waals surface area contributed by atoms with Gasteiger partial charge >= 0.3 is 12.1 Å². The second-order valence-electron chi connectivity index (χ2n) is 11.3. The molecule has 3 fully saturated rings. The summed E-state index contributed by atoms with van der Waals surface area (Å²) in [5.41, 5.74) is 1.63. The van der Waals surface area contributed by atoms with Crippen molar-refractivity contribution < 1.29 is 52.6 Å². The van der Waals surface area contributed by atoms with Crippen LogP contribution < -0.4 is 5.32 Å². The molecule has 0 saturated carbocycles. The van der Waals surface area contributed by atoms with Gasteiger partial charge < -0.3 is 48.3 Å². The minimum absolute atomic E-state index is 0.0159. The van der Waals surface area contributed by atoms with Crippen molar-refractivity contribution >= 4 is 12.1 Å². The smallest absolute Gasteiger partial charge is 0.408 e.